The van der Waals surface area contributed by atoms with E-state index < -0.39 is 0 Å². The second-order valence-corrected chi connectivity index (χ2v) is 3.87. The van der Waals surface area contributed by atoms with Crippen LogP contribution in [0.15, 0.2) is 6.20 Å². The van der Waals surface area contributed by atoms with Crippen LogP contribution in [0.25, 0.3) is 0 Å². The summed E-state index contributed by atoms with van der Waals surface area (Å²) in [4.78, 5) is 4.37. The Kier molecular flexibility index (Phi) is 4.50. The molecule has 14 heavy (non-hydrogen) atoms. The van der Waals surface area contributed by atoms with Crippen molar-refractivity contribution in [3.05, 3.63) is 17.7 Å². The molecule has 0 aliphatic heterocycles. The topological polar surface area (TPSA) is 43.8 Å². The minimum absolute atomic E-state index is 1.01. The van der Waals surface area contributed by atoms with E-state index in [0.717, 1.165) is 17.9 Å². The predicted molar refractivity (Wildman–Crippen MR) is 59.6 cm³/mol. The molecule has 0 fully saturated rings. The molecule has 0 radical (unpaired) electrons. The average molecular weight is 195 g/mol. The Bertz CT molecular complexity index is 265. The Hall–Kier alpha value is -0.990. The molecule has 0 bridgehead atoms. The van der Waals surface area contributed by atoms with Crippen LogP contribution in [0.2, 0.25) is 0 Å². The normalized spacial score (nSPS) is 10.7. The second kappa shape index (κ2) is 5.68. The van der Waals surface area contributed by atoms with Crippen molar-refractivity contribution in [3.8, 4) is 0 Å². The van der Waals surface area contributed by atoms with E-state index in [1.165, 1.54) is 32.1 Å². The zero-order valence-corrected chi connectivity index (χ0v) is 9.29. The van der Waals surface area contributed by atoms with Crippen molar-refractivity contribution in [2.45, 2.75) is 52.4 Å². The third-order valence-electron chi connectivity index (χ3n) is 2.43. The number of hydrogen-bond donors (Lipinski definition) is 1. The van der Waals surface area contributed by atoms with Crippen molar-refractivity contribution in [1.82, 2.24) is 9.66 Å². The molecule has 1 aromatic rings. The molecule has 0 unspecified atom stereocenters. The third kappa shape index (κ3) is 3.40. The second-order valence-electron chi connectivity index (χ2n) is 3.87. The van der Waals surface area contributed by atoms with Gasteiger partial charge in [-0.3, -0.25) is 4.68 Å². The molecule has 0 spiro atoms. The zero-order valence-electron chi connectivity index (χ0n) is 9.29. The van der Waals surface area contributed by atoms with E-state index >= 15 is 0 Å². The molecular weight excluding hydrogens is 174 g/mol. The van der Waals surface area contributed by atoms with Crippen molar-refractivity contribution in [3.63, 3.8) is 0 Å². The quantitative estimate of drug-likeness (QED) is 0.559. The fourth-order valence-electron chi connectivity index (χ4n) is 1.64. The summed E-state index contributed by atoms with van der Waals surface area (Å²) in [6.07, 6.45) is 9.35. The summed E-state index contributed by atoms with van der Waals surface area (Å²) < 4.78 is 1.65. The van der Waals surface area contributed by atoms with Crippen LogP contribution in [0.4, 0.5) is 0 Å². The maximum atomic E-state index is 5.74. The first-order valence-corrected chi connectivity index (χ1v) is 5.54. The molecule has 1 aromatic heterocycles. The van der Waals surface area contributed by atoms with E-state index in [-0.39, 0.29) is 0 Å². The number of aromatic nitrogens is 2. The minimum Gasteiger partial charge on any atom is -0.338 e. The molecule has 0 saturated carbocycles. The lowest BCUT2D eigenvalue weighted by Gasteiger charge is -2.01. The van der Waals surface area contributed by atoms with Crippen molar-refractivity contribution in [2.24, 2.45) is 0 Å². The first-order chi connectivity index (χ1) is 6.74. The van der Waals surface area contributed by atoms with Gasteiger partial charge in [-0.25, -0.2) is 4.98 Å². The van der Waals surface area contributed by atoms with Crippen LogP contribution >= 0.6 is 0 Å². The van der Waals surface area contributed by atoms with Gasteiger partial charge in [0.05, 0.1) is 5.69 Å². The summed E-state index contributed by atoms with van der Waals surface area (Å²) in [6.45, 7) is 4.21. The molecule has 0 aliphatic carbocycles. The molecular formula is C11H21N3. The van der Waals surface area contributed by atoms with Crippen molar-refractivity contribution in [1.29, 1.82) is 0 Å². The van der Waals surface area contributed by atoms with E-state index in [4.69, 9.17) is 5.84 Å². The minimum atomic E-state index is 1.01. The van der Waals surface area contributed by atoms with Gasteiger partial charge in [0.15, 0.2) is 0 Å². The highest BCUT2D eigenvalue weighted by Crippen LogP contribution is 2.07. The van der Waals surface area contributed by atoms with E-state index in [1.807, 2.05) is 13.1 Å². The third-order valence-corrected chi connectivity index (χ3v) is 2.43. The molecule has 1 heterocycles. The van der Waals surface area contributed by atoms with Crippen molar-refractivity contribution >= 4 is 0 Å². The molecule has 0 saturated heterocycles. The van der Waals surface area contributed by atoms with Gasteiger partial charge in [0, 0.05) is 12.6 Å². The van der Waals surface area contributed by atoms with Crippen LogP contribution < -0.4 is 5.84 Å². The number of imidazole rings is 1. The molecule has 3 heteroatoms. The highest BCUT2D eigenvalue weighted by atomic mass is 15.3. The van der Waals surface area contributed by atoms with Gasteiger partial charge in [0.2, 0.25) is 0 Å². The molecule has 3 nitrogen and oxygen atoms in total. The fourth-order valence-corrected chi connectivity index (χ4v) is 1.64. The van der Waals surface area contributed by atoms with Gasteiger partial charge in [-0.1, -0.05) is 32.6 Å². The highest BCUT2D eigenvalue weighted by Gasteiger charge is 2.01. The lowest BCUT2D eigenvalue weighted by atomic mass is 10.1. The fraction of sp³-hybridized carbons (Fsp3) is 0.727. The van der Waals surface area contributed by atoms with Crippen LogP contribution in [0.1, 0.15) is 50.5 Å². The number of hydrogen-bond acceptors (Lipinski definition) is 2. The highest BCUT2D eigenvalue weighted by molar-refractivity contribution is 5.01. The number of nitrogen functional groups attached to an aromatic ring is 1. The largest absolute Gasteiger partial charge is 0.338 e. The summed E-state index contributed by atoms with van der Waals surface area (Å²) in [5.74, 6) is 6.75. The van der Waals surface area contributed by atoms with E-state index in [2.05, 4.69) is 11.9 Å². The summed E-state index contributed by atoms with van der Waals surface area (Å²) >= 11 is 0. The Labute approximate surface area is 86.3 Å². The van der Waals surface area contributed by atoms with Gasteiger partial charge in [-0.05, 0) is 13.3 Å². The van der Waals surface area contributed by atoms with Crippen LogP contribution in [0.3, 0.4) is 0 Å². The van der Waals surface area contributed by atoms with E-state index in [1.54, 1.807) is 4.68 Å². The van der Waals surface area contributed by atoms with Crippen LogP contribution in [-0.4, -0.2) is 9.66 Å². The average Bonchev–Trinajstić information content (AvgIpc) is 2.45. The van der Waals surface area contributed by atoms with Crippen LogP contribution in [-0.2, 0) is 6.42 Å². The lowest BCUT2D eigenvalue weighted by Crippen LogP contribution is -2.11. The number of nitrogens with zero attached hydrogens (tertiary/aromatic N) is 2. The van der Waals surface area contributed by atoms with Gasteiger partial charge in [-0.15, -0.1) is 0 Å². The first kappa shape index (κ1) is 11.1. The van der Waals surface area contributed by atoms with Gasteiger partial charge >= 0.3 is 0 Å². The van der Waals surface area contributed by atoms with Gasteiger partial charge < -0.3 is 5.84 Å². The molecule has 0 atom stereocenters. The molecule has 1 rings (SSSR count). The Balaban J connectivity index is 2.21. The van der Waals surface area contributed by atoms with Crippen LogP contribution in [0, 0.1) is 6.92 Å². The van der Waals surface area contributed by atoms with Crippen LogP contribution in [0.5, 0.6) is 0 Å². The van der Waals surface area contributed by atoms with Crippen molar-refractivity contribution < 1.29 is 0 Å². The Morgan fingerprint density at radius 3 is 2.57 bits per heavy atom. The molecule has 80 valence electrons. The maximum absolute atomic E-state index is 5.74. The summed E-state index contributed by atoms with van der Waals surface area (Å²) in [5, 5.41) is 0. The Morgan fingerprint density at radius 1 is 1.29 bits per heavy atom. The summed E-state index contributed by atoms with van der Waals surface area (Å²) in [7, 11) is 0. The van der Waals surface area contributed by atoms with Gasteiger partial charge in [0.25, 0.3) is 0 Å². The number of aryl methyl sites for hydroxylation is 2. The standard InChI is InChI=1S/C11H21N3/c1-3-4-5-6-7-8-11-13-10(2)9-14(11)12/h9H,3-8,12H2,1-2H3. The molecule has 0 aromatic carbocycles. The predicted octanol–water partition coefficient (Wildman–Crippen LogP) is 2.42. The molecule has 2 N–H and O–H groups in total. The van der Waals surface area contributed by atoms with Gasteiger partial charge in [-0.2, -0.15) is 0 Å². The Morgan fingerprint density at radius 2 is 2.00 bits per heavy atom. The number of nitrogens with two attached hydrogens (primary N) is 1. The molecule has 0 amide bonds. The number of rotatable bonds is 6. The lowest BCUT2D eigenvalue weighted by molar-refractivity contribution is 0.617. The summed E-state index contributed by atoms with van der Waals surface area (Å²) in [5.41, 5.74) is 1.01. The van der Waals surface area contributed by atoms with Crippen molar-refractivity contribution in [2.75, 3.05) is 5.84 Å². The molecule has 0 aliphatic rings. The number of unbranched alkanes of at least 4 members (excludes halogenated alkanes) is 4. The smallest absolute Gasteiger partial charge is 0.127 e. The monoisotopic (exact) mass is 195 g/mol. The van der Waals surface area contributed by atoms with E-state index in [0.29, 0.717) is 0 Å². The first-order valence-electron chi connectivity index (χ1n) is 5.54. The van der Waals surface area contributed by atoms with Gasteiger partial charge in [0.1, 0.15) is 5.82 Å². The van der Waals surface area contributed by atoms with E-state index in [9.17, 15) is 0 Å². The SMILES string of the molecule is CCCCCCCc1nc(C)cn1N. The maximum Gasteiger partial charge on any atom is 0.127 e. The summed E-state index contributed by atoms with van der Waals surface area (Å²) in [6, 6.07) is 0. The zero-order chi connectivity index (χ0) is 10.4.